The number of ether oxygens (including phenoxy) is 2. The third kappa shape index (κ3) is 4.32. The number of esters is 1. The quantitative estimate of drug-likeness (QED) is 0.683. The van der Waals surface area contributed by atoms with Gasteiger partial charge in [0.05, 0.1) is 12.2 Å². The third-order valence-corrected chi connectivity index (χ3v) is 3.51. The van der Waals surface area contributed by atoms with E-state index in [0.29, 0.717) is 10.9 Å². The van der Waals surface area contributed by atoms with Crippen LogP contribution in [0.2, 0.25) is 5.15 Å². The summed E-state index contributed by atoms with van der Waals surface area (Å²) in [6, 6.07) is 1.74. The first kappa shape index (κ1) is 16.0. The van der Waals surface area contributed by atoms with E-state index in [9.17, 15) is 4.79 Å². The van der Waals surface area contributed by atoms with Crippen molar-refractivity contribution in [3.8, 4) is 5.75 Å². The highest BCUT2D eigenvalue weighted by Gasteiger charge is 2.37. The van der Waals surface area contributed by atoms with Gasteiger partial charge in [-0.1, -0.05) is 11.6 Å². The number of carbonyl (C=O) groups is 1. The average Bonchev–Trinajstić information content (AvgIpc) is 2.28. The molecule has 21 heavy (non-hydrogen) atoms. The molecule has 0 aromatic carbocycles. The van der Waals surface area contributed by atoms with E-state index in [2.05, 4.69) is 10.3 Å². The van der Waals surface area contributed by atoms with Crippen molar-refractivity contribution in [2.24, 2.45) is 0 Å². The standard InChI is InChI=1S/C15H21ClN2O3/c1-9-7-10(8-18-13(9)16)20-12(11-5-6-17-11)14(19)21-15(2,3)4/h7-8,11-12,17H,5-6H2,1-4H3/t11-,12?/m0/s1. The Kier molecular flexibility index (Phi) is 4.74. The number of nitrogens with one attached hydrogen (secondary N) is 1. The number of halogens is 1. The van der Waals surface area contributed by atoms with Crippen molar-refractivity contribution in [1.29, 1.82) is 0 Å². The largest absolute Gasteiger partial charge is 0.475 e. The van der Waals surface area contributed by atoms with Crippen LogP contribution in [0.25, 0.3) is 0 Å². The van der Waals surface area contributed by atoms with Gasteiger partial charge in [0, 0.05) is 0 Å². The number of carbonyl (C=O) groups excluding carboxylic acids is 1. The molecule has 1 unspecified atom stereocenters. The van der Waals surface area contributed by atoms with Crippen molar-refractivity contribution in [1.82, 2.24) is 10.3 Å². The molecule has 2 atom stereocenters. The normalized spacial score (nSPS) is 19.6. The molecule has 0 spiro atoms. The van der Waals surface area contributed by atoms with E-state index in [4.69, 9.17) is 21.1 Å². The molecular formula is C15H21ClN2O3. The first-order valence-corrected chi connectivity index (χ1v) is 7.39. The lowest BCUT2D eigenvalue weighted by atomic mass is 10.0. The topological polar surface area (TPSA) is 60.5 Å². The molecular weight excluding hydrogens is 292 g/mol. The van der Waals surface area contributed by atoms with Gasteiger partial charge >= 0.3 is 5.97 Å². The number of aryl methyl sites for hydroxylation is 1. The molecule has 6 heteroatoms. The summed E-state index contributed by atoms with van der Waals surface area (Å²) in [6.45, 7) is 8.23. The fourth-order valence-electron chi connectivity index (χ4n) is 1.97. The fourth-order valence-corrected chi connectivity index (χ4v) is 2.07. The van der Waals surface area contributed by atoms with Crippen LogP contribution in [0.3, 0.4) is 0 Å². The summed E-state index contributed by atoms with van der Waals surface area (Å²) in [5.41, 5.74) is 0.259. The summed E-state index contributed by atoms with van der Waals surface area (Å²) in [5.74, 6) is 0.147. The van der Waals surface area contributed by atoms with Crippen LogP contribution in [0, 0.1) is 6.92 Å². The molecule has 5 nitrogen and oxygen atoms in total. The molecule has 0 radical (unpaired) electrons. The van der Waals surface area contributed by atoms with Crippen LogP contribution in [-0.4, -0.2) is 35.2 Å². The van der Waals surface area contributed by atoms with Crippen LogP contribution in [0.1, 0.15) is 32.8 Å². The zero-order valence-corrected chi connectivity index (χ0v) is 13.5. The molecule has 0 aliphatic carbocycles. The van der Waals surface area contributed by atoms with Gasteiger partial charge in [-0.15, -0.1) is 0 Å². The van der Waals surface area contributed by atoms with Crippen molar-refractivity contribution >= 4 is 17.6 Å². The summed E-state index contributed by atoms with van der Waals surface area (Å²) in [7, 11) is 0. The van der Waals surface area contributed by atoms with Crippen LogP contribution in [0.15, 0.2) is 12.3 Å². The molecule has 1 saturated heterocycles. The highest BCUT2D eigenvalue weighted by atomic mass is 35.5. The van der Waals surface area contributed by atoms with Crippen molar-refractivity contribution in [3.63, 3.8) is 0 Å². The fraction of sp³-hybridized carbons (Fsp3) is 0.600. The van der Waals surface area contributed by atoms with Crippen LogP contribution >= 0.6 is 11.6 Å². The van der Waals surface area contributed by atoms with E-state index in [1.807, 2.05) is 27.7 Å². The minimum absolute atomic E-state index is 0.0316. The molecule has 1 aliphatic rings. The second-order valence-electron chi connectivity index (χ2n) is 6.20. The lowest BCUT2D eigenvalue weighted by Gasteiger charge is -2.35. The second kappa shape index (κ2) is 6.20. The molecule has 1 aliphatic heterocycles. The Hall–Kier alpha value is -1.33. The molecule has 0 saturated carbocycles. The van der Waals surface area contributed by atoms with Gasteiger partial charge in [-0.2, -0.15) is 0 Å². The van der Waals surface area contributed by atoms with Gasteiger partial charge in [0.15, 0.2) is 0 Å². The molecule has 116 valence electrons. The van der Waals surface area contributed by atoms with Gasteiger partial charge in [-0.05, 0) is 52.3 Å². The van der Waals surface area contributed by atoms with Gasteiger partial charge in [0.25, 0.3) is 0 Å². The molecule has 2 rings (SSSR count). The first-order valence-electron chi connectivity index (χ1n) is 7.01. The number of aromatic nitrogens is 1. The summed E-state index contributed by atoms with van der Waals surface area (Å²) in [4.78, 5) is 16.4. The summed E-state index contributed by atoms with van der Waals surface area (Å²) in [6.07, 6.45) is 1.72. The highest BCUT2D eigenvalue weighted by Crippen LogP contribution is 2.23. The van der Waals surface area contributed by atoms with Crippen molar-refractivity contribution in [3.05, 3.63) is 23.0 Å². The molecule has 0 amide bonds. The average molecular weight is 313 g/mol. The summed E-state index contributed by atoms with van der Waals surface area (Å²) < 4.78 is 11.2. The number of hydrogen-bond acceptors (Lipinski definition) is 5. The second-order valence-corrected chi connectivity index (χ2v) is 6.56. The van der Waals surface area contributed by atoms with E-state index in [1.54, 1.807) is 6.07 Å². The zero-order chi connectivity index (χ0) is 15.6. The molecule has 2 heterocycles. The predicted molar refractivity (Wildman–Crippen MR) is 80.7 cm³/mol. The molecule has 1 fully saturated rings. The van der Waals surface area contributed by atoms with Crippen LogP contribution < -0.4 is 10.1 Å². The zero-order valence-electron chi connectivity index (χ0n) is 12.8. The van der Waals surface area contributed by atoms with Crippen molar-refractivity contribution in [2.45, 2.75) is 51.9 Å². The monoisotopic (exact) mass is 312 g/mol. The maximum Gasteiger partial charge on any atom is 0.349 e. The van der Waals surface area contributed by atoms with E-state index in [0.717, 1.165) is 18.5 Å². The summed E-state index contributed by atoms with van der Waals surface area (Å²) >= 11 is 5.90. The van der Waals surface area contributed by atoms with Crippen LogP contribution in [-0.2, 0) is 9.53 Å². The Bertz CT molecular complexity index is 524. The third-order valence-electron chi connectivity index (χ3n) is 3.12. The van der Waals surface area contributed by atoms with Gasteiger partial charge < -0.3 is 14.8 Å². The van der Waals surface area contributed by atoms with E-state index >= 15 is 0 Å². The van der Waals surface area contributed by atoms with E-state index < -0.39 is 11.7 Å². The van der Waals surface area contributed by atoms with E-state index in [1.165, 1.54) is 6.20 Å². The maximum absolute atomic E-state index is 12.3. The van der Waals surface area contributed by atoms with Crippen LogP contribution in [0.5, 0.6) is 5.75 Å². The molecule has 1 aromatic rings. The number of nitrogens with zero attached hydrogens (tertiary/aromatic N) is 1. The lowest BCUT2D eigenvalue weighted by molar-refractivity contribution is -0.165. The number of rotatable bonds is 4. The maximum atomic E-state index is 12.3. The first-order chi connectivity index (χ1) is 9.76. The molecule has 0 bridgehead atoms. The number of pyridine rings is 1. The smallest absolute Gasteiger partial charge is 0.349 e. The molecule has 1 N–H and O–H groups in total. The summed E-state index contributed by atoms with van der Waals surface area (Å²) in [5, 5.41) is 3.61. The lowest BCUT2D eigenvalue weighted by Crippen LogP contribution is -2.57. The SMILES string of the molecule is Cc1cc(OC(C(=O)OC(C)(C)C)[C@@H]2CCN2)cnc1Cl. The van der Waals surface area contributed by atoms with Gasteiger partial charge in [-0.3, -0.25) is 0 Å². The van der Waals surface area contributed by atoms with Crippen molar-refractivity contribution in [2.75, 3.05) is 6.54 Å². The van der Waals surface area contributed by atoms with Crippen LogP contribution in [0.4, 0.5) is 0 Å². The minimum Gasteiger partial charge on any atom is -0.475 e. The van der Waals surface area contributed by atoms with E-state index in [-0.39, 0.29) is 12.0 Å². The van der Waals surface area contributed by atoms with Gasteiger partial charge in [-0.25, -0.2) is 9.78 Å². The van der Waals surface area contributed by atoms with Gasteiger partial charge in [0.1, 0.15) is 16.5 Å². The Morgan fingerprint density at radius 3 is 2.67 bits per heavy atom. The predicted octanol–water partition coefficient (Wildman–Crippen LogP) is 2.49. The minimum atomic E-state index is -0.680. The molecule has 1 aromatic heterocycles. The Morgan fingerprint density at radius 1 is 1.52 bits per heavy atom. The van der Waals surface area contributed by atoms with Crippen molar-refractivity contribution < 1.29 is 14.3 Å². The Balaban J connectivity index is 2.12. The Morgan fingerprint density at radius 2 is 2.19 bits per heavy atom. The highest BCUT2D eigenvalue weighted by molar-refractivity contribution is 6.30. The number of hydrogen-bond donors (Lipinski definition) is 1. The Labute approximate surface area is 130 Å². The van der Waals surface area contributed by atoms with Gasteiger partial charge in [0.2, 0.25) is 6.10 Å².